The Morgan fingerprint density at radius 3 is 2.72 bits per heavy atom. The maximum atomic E-state index is 12.9. The standard InChI is InChI=1S/C19H26N4O2/c24-18-5-2-9-23(18)16-4-1-3-15(13-16)19(25)22-10-6-17(14-22)21-11-7-20-8-12-21/h1,3-4,13,17,20H,2,5-12,14H2. The van der Waals surface area contributed by atoms with Crippen molar-refractivity contribution in [3.8, 4) is 0 Å². The van der Waals surface area contributed by atoms with E-state index < -0.39 is 0 Å². The molecule has 3 aliphatic rings. The summed E-state index contributed by atoms with van der Waals surface area (Å²) in [6, 6.07) is 8.04. The zero-order chi connectivity index (χ0) is 17.2. The van der Waals surface area contributed by atoms with Gasteiger partial charge in [0.1, 0.15) is 0 Å². The van der Waals surface area contributed by atoms with E-state index in [-0.39, 0.29) is 11.8 Å². The first-order chi connectivity index (χ1) is 12.2. The molecule has 0 radical (unpaired) electrons. The Labute approximate surface area is 148 Å². The molecule has 3 saturated heterocycles. The fraction of sp³-hybridized carbons (Fsp3) is 0.579. The lowest BCUT2D eigenvalue weighted by Crippen LogP contribution is -2.49. The molecule has 25 heavy (non-hydrogen) atoms. The maximum absolute atomic E-state index is 12.9. The summed E-state index contributed by atoms with van der Waals surface area (Å²) < 4.78 is 0. The number of carbonyl (C=O) groups is 2. The lowest BCUT2D eigenvalue weighted by Gasteiger charge is -2.32. The molecule has 1 N–H and O–H groups in total. The van der Waals surface area contributed by atoms with Gasteiger partial charge < -0.3 is 15.1 Å². The van der Waals surface area contributed by atoms with E-state index in [1.807, 2.05) is 29.2 Å². The Hall–Kier alpha value is -1.92. The zero-order valence-electron chi connectivity index (χ0n) is 14.6. The molecule has 0 aromatic heterocycles. The van der Waals surface area contributed by atoms with Gasteiger partial charge >= 0.3 is 0 Å². The van der Waals surface area contributed by atoms with Crippen LogP contribution in [0.1, 0.15) is 29.6 Å². The summed E-state index contributed by atoms with van der Waals surface area (Å²) in [5.41, 5.74) is 1.55. The Balaban J connectivity index is 1.43. The quantitative estimate of drug-likeness (QED) is 0.888. The molecule has 1 atom stereocenters. The van der Waals surface area contributed by atoms with Gasteiger partial charge in [-0.25, -0.2) is 0 Å². The number of likely N-dealkylation sites (tertiary alicyclic amines) is 1. The number of hydrogen-bond donors (Lipinski definition) is 1. The highest BCUT2D eigenvalue weighted by molar-refractivity contribution is 5.99. The van der Waals surface area contributed by atoms with Crippen molar-refractivity contribution in [1.29, 1.82) is 0 Å². The normalized spacial score (nSPS) is 25.0. The van der Waals surface area contributed by atoms with E-state index in [1.165, 1.54) is 0 Å². The van der Waals surface area contributed by atoms with Crippen molar-refractivity contribution in [2.24, 2.45) is 0 Å². The van der Waals surface area contributed by atoms with E-state index >= 15 is 0 Å². The van der Waals surface area contributed by atoms with Gasteiger partial charge in [0.2, 0.25) is 5.91 Å². The lowest BCUT2D eigenvalue weighted by atomic mass is 10.1. The summed E-state index contributed by atoms with van der Waals surface area (Å²) in [4.78, 5) is 31.1. The number of benzene rings is 1. The van der Waals surface area contributed by atoms with Crippen LogP contribution in [0, 0.1) is 0 Å². The summed E-state index contributed by atoms with van der Waals surface area (Å²) in [6.07, 6.45) is 2.56. The molecule has 2 amide bonds. The first-order valence-electron chi connectivity index (χ1n) is 9.37. The molecule has 1 aromatic rings. The number of nitrogens with one attached hydrogen (secondary N) is 1. The Kier molecular flexibility index (Phi) is 4.72. The second-order valence-electron chi connectivity index (χ2n) is 7.18. The number of rotatable bonds is 3. The van der Waals surface area contributed by atoms with E-state index in [0.29, 0.717) is 18.0 Å². The van der Waals surface area contributed by atoms with Gasteiger partial charge in [0.05, 0.1) is 0 Å². The Bertz CT molecular complexity index is 657. The minimum absolute atomic E-state index is 0.0890. The van der Waals surface area contributed by atoms with E-state index in [0.717, 1.165) is 64.3 Å². The summed E-state index contributed by atoms with van der Waals surface area (Å²) >= 11 is 0. The van der Waals surface area contributed by atoms with Gasteiger partial charge in [0.15, 0.2) is 0 Å². The highest BCUT2D eigenvalue weighted by atomic mass is 16.2. The molecule has 3 aliphatic heterocycles. The van der Waals surface area contributed by atoms with Crippen molar-refractivity contribution in [3.63, 3.8) is 0 Å². The van der Waals surface area contributed by atoms with Crippen LogP contribution in [0.5, 0.6) is 0 Å². The van der Waals surface area contributed by atoms with Crippen LogP contribution in [0.3, 0.4) is 0 Å². The topological polar surface area (TPSA) is 55.9 Å². The molecule has 4 rings (SSSR count). The van der Waals surface area contributed by atoms with Gasteiger partial charge in [-0.15, -0.1) is 0 Å². The zero-order valence-corrected chi connectivity index (χ0v) is 14.6. The van der Waals surface area contributed by atoms with Crippen molar-refractivity contribution in [1.82, 2.24) is 15.1 Å². The second-order valence-corrected chi connectivity index (χ2v) is 7.18. The van der Waals surface area contributed by atoms with Gasteiger partial charge in [-0.3, -0.25) is 14.5 Å². The van der Waals surface area contributed by atoms with Gasteiger partial charge in [-0.2, -0.15) is 0 Å². The molecular weight excluding hydrogens is 316 g/mol. The number of amides is 2. The summed E-state index contributed by atoms with van der Waals surface area (Å²) in [6.45, 7) is 6.60. The van der Waals surface area contributed by atoms with Crippen molar-refractivity contribution < 1.29 is 9.59 Å². The maximum Gasteiger partial charge on any atom is 0.253 e. The third-order valence-electron chi connectivity index (χ3n) is 5.60. The van der Waals surface area contributed by atoms with Crippen LogP contribution in [0.15, 0.2) is 24.3 Å². The van der Waals surface area contributed by atoms with E-state index in [2.05, 4.69) is 10.2 Å². The highest BCUT2D eigenvalue weighted by Gasteiger charge is 2.31. The fourth-order valence-corrected chi connectivity index (χ4v) is 4.18. The Morgan fingerprint density at radius 2 is 1.96 bits per heavy atom. The van der Waals surface area contributed by atoms with E-state index in [4.69, 9.17) is 0 Å². The third-order valence-corrected chi connectivity index (χ3v) is 5.60. The average Bonchev–Trinajstić information content (AvgIpc) is 3.31. The van der Waals surface area contributed by atoms with E-state index in [1.54, 1.807) is 4.90 Å². The molecule has 0 aliphatic carbocycles. The van der Waals surface area contributed by atoms with Gasteiger partial charge in [-0.05, 0) is 31.0 Å². The van der Waals surface area contributed by atoms with Crippen LogP contribution < -0.4 is 10.2 Å². The minimum Gasteiger partial charge on any atom is -0.337 e. The number of piperazine rings is 1. The monoisotopic (exact) mass is 342 g/mol. The fourth-order valence-electron chi connectivity index (χ4n) is 4.18. The molecule has 0 spiro atoms. The molecule has 6 heteroatoms. The van der Waals surface area contributed by atoms with Gasteiger partial charge in [0.25, 0.3) is 5.91 Å². The van der Waals surface area contributed by atoms with Crippen molar-refractivity contribution in [2.75, 3.05) is 50.7 Å². The number of nitrogens with zero attached hydrogens (tertiary/aromatic N) is 3. The van der Waals surface area contributed by atoms with Crippen molar-refractivity contribution in [2.45, 2.75) is 25.3 Å². The second kappa shape index (κ2) is 7.14. The number of anilines is 1. The Morgan fingerprint density at radius 1 is 1.12 bits per heavy atom. The summed E-state index contributed by atoms with van der Waals surface area (Å²) in [5.74, 6) is 0.246. The lowest BCUT2D eigenvalue weighted by molar-refractivity contribution is -0.117. The molecule has 0 bridgehead atoms. The van der Waals surface area contributed by atoms with Crippen molar-refractivity contribution >= 4 is 17.5 Å². The summed E-state index contributed by atoms with van der Waals surface area (Å²) in [7, 11) is 0. The number of carbonyl (C=O) groups excluding carboxylic acids is 2. The highest BCUT2D eigenvalue weighted by Crippen LogP contribution is 2.24. The summed E-state index contributed by atoms with van der Waals surface area (Å²) in [5, 5.41) is 3.38. The van der Waals surface area contributed by atoms with Crippen LogP contribution in [-0.4, -0.2) is 73.5 Å². The van der Waals surface area contributed by atoms with Crippen molar-refractivity contribution in [3.05, 3.63) is 29.8 Å². The molecule has 1 unspecified atom stereocenters. The molecule has 1 aromatic carbocycles. The SMILES string of the molecule is O=C(c1cccc(N2CCCC2=O)c1)N1CCC(N2CCNCC2)C1. The smallest absolute Gasteiger partial charge is 0.253 e. The number of hydrogen-bond acceptors (Lipinski definition) is 4. The minimum atomic E-state index is 0.0890. The molecule has 6 nitrogen and oxygen atoms in total. The van der Waals surface area contributed by atoms with Crippen LogP contribution in [0.4, 0.5) is 5.69 Å². The first-order valence-corrected chi connectivity index (χ1v) is 9.37. The molecule has 134 valence electrons. The molecular formula is C19H26N4O2. The molecule has 3 heterocycles. The van der Waals surface area contributed by atoms with Crippen LogP contribution in [0.25, 0.3) is 0 Å². The third kappa shape index (κ3) is 3.41. The van der Waals surface area contributed by atoms with Crippen LogP contribution in [0.2, 0.25) is 0 Å². The largest absolute Gasteiger partial charge is 0.337 e. The van der Waals surface area contributed by atoms with Gasteiger partial charge in [0, 0.05) is 69.5 Å². The van der Waals surface area contributed by atoms with Crippen LogP contribution in [-0.2, 0) is 4.79 Å². The van der Waals surface area contributed by atoms with E-state index in [9.17, 15) is 9.59 Å². The van der Waals surface area contributed by atoms with Crippen LogP contribution >= 0.6 is 0 Å². The average molecular weight is 342 g/mol. The predicted molar refractivity (Wildman–Crippen MR) is 96.8 cm³/mol. The first kappa shape index (κ1) is 16.5. The predicted octanol–water partition coefficient (Wildman–Crippen LogP) is 0.933. The molecule has 3 fully saturated rings. The molecule has 0 saturated carbocycles. The van der Waals surface area contributed by atoms with Gasteiger partial charge in [-0.1, -0.05) is 6.07 Å².